The van der Waals surface area contributed by atoms with Gasteiger partial charge in [0.1, 0.15) is 11.4 Å². The van der Waals surface area contributed by atoms with Crippen molar-refractivity contribution in [1.82, 2.24) is 15.1 Å². The minimum atomic E-state index is -4.46. The zero-order valence-electron chi connectivity index (χ0n) is 14.0. The lowest BCUT2D eigenvalue weighted by atomic mass is 9.96. The van der Waals surface area contributed by atoms with Crippen LogP contribution >= 0.6 is 15.9 Å². The summed E-state index contributed by atoms with van der Waals surface area (Å²) in [6.45, 7) is 2.34. The molecule has 0 unspecified atom stereocenters. The van der Waals surface area contributed by atoms with Gasteiger partial charge in [-0.3, -0.25) is 4.79 Å². The van der Waals surface area contributed by atoms with Crippen molar-refractivity contribution in [2.24, 2.45) is 0 Å². The molecule has 1 amide bonds. The van der Waals surface area contributed by atoms with Gasteiger partial charge in [0, 0.05) is 17.4 Å². The lowest BCUT2D eigenvalue weighted by Crippen LogP contribution is -2.36. The molecule has 0 aliphatic carbocycles. The Morgan fingerprint density at radius 1 is 1.38 bits per heavy atom. The van der Waals surface area contributed by atoms with E-state index in [0.29, 0.717) is 6.54 Å². The lowest BCUT2D eigenvalue weighted by Gasteiger charge is -2.34. The number of amides is 1. The Hall–Kier alpha value is -2.03. The topological polar surface area (TPSA) is 59.0 Å². The maximum absolute atomic E-state index is 13.6. The molecular formula is C17H18BrF3N4O. The third kappa shape index (κ3) is 3.72. The number of fused-ring (bicyclic) bond motifs is 1. The monoisotopic (exact) mass is 430 g/mol. The molecule has 2 N–H and O–H groups in total. The summed E-state index contributed by atoms with van der Waals surface area (Å²) in [7, 11) is 0. The highest BCUT2D eigenvalue weighted by atomic mass is 79.9. The number of rotatable bonds is 4. The van der Waals surface area contributed by atoms with Gasteiger partial charge in [-0.25, -0.2) is 4.68 Å². The number of benzene rings is 1. The first-order valence-electron chi connectivity index (χ1n) is 8.25. The molecule has 9 heteroatoms. The molecule has 1 aliphatic rings. The van der Waals surface area contributed by atoms with Crippen LogP contribution in [0.4, 0.5) is 19.0 Å². The van der Waals surface area contributed by atoms with Crippen LogP contribution in [-0.2, 0) is 0 Å². The lowest BCUT2D eigenvalue weighted by molar-refractivity contribution is -0.173. The number of halogens is 4. The fourth-order valence-electron chi connectivity index (χ4n) is 2.98. The van der Waals surface area contributed by atoms with E-state index in [9.17, 15) is 18.0 Å². The van der Waals surface area contributed by atoms with Crippen LogP contribution in [0.25, 0.3) is 0 Å². The fraction of sp³-hybridized carbons (Fsp3) is 0.412. The van der Waals surface area contributed by atoms with E-state index in [1.807, 2.05) is 6.92 Å². The summed E-state index contributed by atoms with van der Waals surface area (Å²) in [5.74, 6) is -0.335. The number of aromatic nitrogens is 2. The third-order valence-corrected chi connectivity index (χ3v) is 4.82. The molecule has 2 aromatic rings. The Labute approximate surface area is 157 Å². The molecule has 5 nitrogen and oxygen atoms in total. The standard InChI is InChI=1S/C17H18BrF3N4O/c1-2-7-22-16(26)12-9-23-25-14(17(19,20)21)8-13(24-15(12)25)10-3-5-11(18)6-4-10/h3-6,9,13-14,24H,2,7-8H2,1H3,(H,22,26)/t13-,14+/m0/s1. The highest BCUT2D eigenvalue weighted by Crippen LogP contribution is 2.44. The van der Waals surface area contributed by atoms with Gasteiger partial charge in [-0.05, 0) is 24.1 Å². The molecule has 2 heterocycles. The predicted octanol–water partition coefficient (Wildman–Crippen LogP) is 4.45. The van der Waals surface area contributed by atoms with Crippen LogP contribution in [0, 0.1) is 0 Å². The van der Waals surface area contributed by atoms with Crippen molar-refractivity contribution < 1.29 is 18.0 Å². The van der Waals surface area contributed by atoms with Crippen LogP contribution in [0.3, 0.4) is 0 Å². The van der Waals surface area contributed by atoms with Crippen LogP contribution in [-0.4, -0.2) is 28.4 Å². The van der Waals surface area contributed by atoms with Crippen molar-refractivity contribution in [3.8, 4) is 0 Å². The molecule has 1 aromatic carbocycles. The minimum Gasteiger partial charge on any atom is -0.363 e. The molecule has 1 aliphatic heterocycles. The molecule has 0 spiro atoms. The van der Waals surface area contributed by atoms with E-state index in [2.05, 4.69) is 31.7 Å². The Bertz CT molecular complexity index is 788. The van der Waals surface area contributed by atoms with Crippen LogP contribution in [0.5, 0.6) is 0 Å². The SMILES string of the molecule is CCCNC(=O)c1cnn2c1N[C@H](c1ccc(Br)cc1)C[C@@H]2C(F)(F)F. The van der Waals surface area contributed by atoms with Gasteiger partial charge in [-0.2, -0.15) is 18.3 Å². The van der Waals surface area contributed by atoms with Crippen molar-refractivity contribution in [1.29, 1.82) is 0 Å². The zero-order valence-corrected chi connectivity index (χ0v) is 15.6. The second kappa shape index (κ2) is 7.30. The molecule has 140 valence electrons. The van der Waals surface area contributed by atoms with Crippen molar-refractivity contribution in [3.63, 3.8) is 0 Å². The molecule has 0 fully saturated rings. The second-order valence-electron chi connectivity index (χ2n) is 6.15. The first-order chi connectivity index (χ1) is 12.3. The van der Waals surface area contributed by atoms with Crippen molar-refractivity contribution in [2.75, 3.05) is 11.9 Å². The summed E-state index contributed by atoms with van der Waals surface area (Å²) >= 11 is 3.32. The van der Waals surface area contributed by atoms with E-state index < -0.39 is 24.2 Å². The van der Waals surface area contributed by atoms with E-state index in [0.717, 1.165) is 21.1 Å². The predicted molar refractivity (Wildman–Crippen MR) is 95.1 cm³/mol. The fourth-order valence-corrected chi connectivity index (χ4v) is 3.24. The average Bonchev–Trinajstić information content (AvgIpc) is 3.02. The van der Waals surface area contributed by atoms with Gasteiger partial charge in [0.25, 0.3) is 5.91 Å². The number of hydrogen-bond acceptors (Lipinski definition) is 3. The largest absolute Gasteiger partial charge is 0.410 e. The van der Waals surface area contributed by atoms with Crippen molar-refractivity contribution >= 4 is 27.7 Å². The maximum atomic E-state index is 13.6. The molecule has 0 bridgehead atoms. The maximum Gasteiger partial charge on any atom is 0.410 e. The van der Waals surface area contributed by atoms with E-state index in [-0.39, 0.29) is 17.8 Å². The van der Waals surface area contributed by atoms with Crippen molar-refractivity contribution in [3.05, 3.63) is 46.1 Å². The van der Waals surface area contributed by atoms with Gasteiger partial charge in [-0.15, -0.1) is 0 Å². The molecule has 0 saturated carbocycles. The van der Waals surface area contributed by atoms with E-state index in [1.165, 1.54) is 6.20 Å². The number of carbonyl (C=O) groups excluding carboxylic acids is 1. The summed E-state index contributed by atoms with van der Waals surface area (Å²) in [6.07, 6.45) is -2.74. The Morgan fingerprint density at radius 3 is 2.69 bits per heavy atom. The van der Waals surface area contributed by atoms with Crippen LogP contribution in [0.2, 0.25) is 0 Å². The Kier molecular flexibility index (Phi) is 5.27. The third-order valence-electron chi connectivity index (χ3n) is 4.29. The number of alkyl halides is 3. The summed E-state index contributed by atoms with van der Waals surface area (Å²) in [6, 6.07) is 4.72. The Morgan fingerprint density at radius 2 is 2.08 bits per heavy atom. The number of hydrogen-bond donors (Lipinski definition) is 2. The zero-order chi connectivity index (χ0) is 18.9. The molecule has 1 aromatic heterocycles. The van der Waals surface area contributed by atoms with Crippen LogP contribution < -0.4 is 10.6 Å². The Balaban J connectivity index is 1.98. The summed E-state index contributed by atoms with van der Waals surface area (Å²) in [5, 5.41) is 9.59. The van der Waals surface area contributed by atoms with E-state index in [4.69, 9.17) is 0 Å². The van der Waals surface area contributed by atoms with Crippen LogP contribution in [0.1, 0.15) is 47.8 Å². The number of anilines is 1. The summed E-state index contributed by atoms with van der Waals surface area (Å²) in [4.78, 5) is 12.3. The number of nitrogens with zero attached hydrogens (tertiary/aromatic N) is 2. The first-order valence-corrected chi connectivity index (χ1v) is 9.05. The van der Waals surface area contributed by atoms with Gasteiger partial charge in [0.15, 0.2) is 6.04 Å². The van der Waals surface area contributed by atoms with Gasteiger partial charge < -0.3 is 10.6 Å². The molecular weight excluding hydrogens is 413 g/mol. The van der Waals surface area contributed by atoms with Crippen molar-refractivity contribution in [2.45, 2.75) is 38.0 Å². The molecule has 2 atom stereocenters. The highest BCUT2D eigenvalue weighted by Gasteiger charge is 2.47. The van der Waals surface area contributed by atoms with Gasteiger partial charge in [-0.1, -0.05) is 35.0 Å². The minimum absolute atomic E-state index is 0.0973. The molecule has 26 heavy (non-hydrogen) atoms. The van der Waals surface area contributed by atoms with Crippen LogP contribution in [0.15, 0.2) is 34.9 Å². The number of nitrogens with one attached hydrogen (secondary N) is 2. The second-order valence-corrected chi connectivity index (χ2v) is 7.06. The summed E-state index contributed by atoms with van der Waals surface area (Å²) in [5.41, 5.74) is 0.837. The quantitative estimate of drug-likeness (QED) is 0.753. The van der Waals surface area contributed by atoms with E-state index in [1.54, 1.807) is 24.3 Å². The van der Waals surface area contributed by atoms with Gasteiger partial charge in [0.2, 0.25) is 0 Å². The normalized spacial score (nSPS) is 19.6. The molecule has 3 rings (SSSR count). The molecule has 0 saturated heterocycles. The smallest absolute Gasteiger partial charge is 0.363 e. The average molecular weight is 431 g/mol. The number of carbonyl (C=O) groups is 1. The van der Waals surface area contributed by atoms with Gasteiger partial charge >= 0.3 is 6.18 Å². The first kappa shape index (κ1) is 18.8. The molecule has 0 radical (unpaired) electrons. The summed E-state index contributed by atoms with van der Waals surface area (Å²) < 4.78 is 42.5. The van der Waals surface area contributed by atoms with E-state index >= 15 is 0 Å². The highest BCUT2D eigenvalue weighted by molar-refractivity contribution is 9.10. The van der Waals surface area contributed by atoms with Gasteiger partial charge in [0.05, 0.1) is 12.2 Å².